The molecule has 0 aromatic rings. The molecule has 0 bridgehead atoms. The van der Waals surface area contributed by atoms with Crippen LogP contribution in [0.5, 0.6) is 0 Å². The Hall–Kier alpha value is -0.610. The van der Waals surface area contributed by atoms with Crippen molar-refractivity contribution in [2.24, 2.45) is 0 Å². The topological polar surface area (TPSA) is 41.6 Å². The second-order valence-corrected chi connectivity index (χ2v) is 8.84. The Balaban J connectivity index is 4.05. The first-order valence-electron chi connectivity index (χ1n) is 13.3. The van der Waals surface area contributed by atoms with Gasteiger partial charge in [0.05, 0.1) is 6.10 Å². The Bertz CT molecular complexity index is 355. The lowest BCUT2D eigenvalue weighted by Gasteiger charge is -2.22. The summed E-state index contributed by atoms with van der Waals surface area (Å²) >= 11 is 0. The minimum absolute atomic E-state index is 0.193. The highest BCUT2D eigenvalue weighted by molar-refractivity contribution is 5.75. The van der Waals surface area contributed by atoms with Crippen molar-refractivity contribution in [1.82, 2.24) is 10.2 Å². The molecule has 0 aromatic heterocycles. The van der Waals surface area contributed by atoms with Gasteiger partial charge in [0.15, 0.2) is 0 Å². The molecule has 0 rings (SSSR count). The molecule has 0 aliphatic heterocycles. The Kier molecular flexibility index (Phi) is 22.6. The Morgan fingerprint density at radius 3 is 1.97 bits per heavy atom. The Morgan fingerprint density at radius 2 is 1.33 bits per heavy atom. The number of rotatable bonds is 23. The third kappa shape index (κ3) is 19.4. The molecule has 0 aliphatic carbocycles. The van der Waals surface area contributed by atoms with E-state index in [1.54, 1.807) is 0 Å². The van der Waals surface area contributed by atoms with Gasteiger partial charge in [0.2, 0.25) is 5.91 Å². The molecular formula is C26H54N2O2. The van der Waals surface area contributed by atoms with E-state index in [9.17, 15) is 4.79 Å². The van der Waals surface area contributed by atoms with E-state index in [2.05, 4.69) is 37.9 Å². The minimum atomic E-state index is 0.193. The van der Waals surface area contributed by atoms with E-state index < -0.39 is 0 Å². The van der Waals surface area contributed by atoms with Crippen molar-refractivity contribution in [3.63, 3.8) is 0 Å². The fraction of sp³-hybridized carbons (Fsp3) is 0.962. The van der Waals surface area contributed by atoms with Crippen LogP contribution in [0.25, 0.3) is 0 Å². The number of unbranched alkanes of at least 4 members (excludes halogenated alkanes) is 7. The lowest BCUT2D eigenvalue weighted by atomic mass is 10.0. The summed E-state index contributed by atoms with van der Waals surface area (Å²) in [5.74, 6) is 0.193. The summed E-state index contributed by atoms with van der Waals surface area (Å²) in [4.78, 5) is 14.9. The maximum atomic E-state index is 12.3. The van der Waals surface area contributed by atoms with Gasteiger partial charge in [-0.05, 0) is 58.2 Å². The van der Waals surface area contributed by atoms with Crippen molar-refractivity contribution >= 4 is 5.91 Å². The molecule has 30 heavy (non-hydrogen) atoms. The van der Waals surface area contributed by atoms with Gasteiger partial charge < -0.3 is 15.0 Å². The fourth-order valence-electron chi connectivity index (χ4n) is 3.69. The van der Waals surface area contributed by atoms with Gasteiger partial charge in [-0.25, -0.2) is 0 Å². The molecule has 4 nitrogen and oxygen atoms in total. The number of nitrogens with zero attached hydrogens (tertiary/aromatic N) is 1. The van der Waals surface area contributed by atoms with Gasteiger partial charge in [0.1, 0.15) is 0 Å². The van der Waals surface area contributed by atoms with Crippen molar-refractivity contribution in [3.05, 3.63) is 0 Å². The summed E-state index contributed by atoms with van der Waals surface area (Å²) in [6.45, 7) is 14.1. The summed E-state index contributed by atoms with van der Waals surface area (Å²) < 4.78 is 6.08. The third-order valence-electron chi connectivity index (χ3n) is 5.80. The highest BCUT2D eigenvalue weighted by Crippen LogP contribution is 2.14. The Labute approximate surface area is 188 Å². The number of nitrogens with one attached hydrogen (secondary N) is 1. The highest BCUT2D eigenvalue weighted by Gasteiger charge is 2.12. The molecule has 180 valence electrons. The average Bonchev–Trinajstić information content (AvgIpc) is 2.75. The zero-order valence-electron chi connectivity index (χ0n) is 21.0. The van der Waals surface area contributed by atoms with Crippen molar-refractivity contribution in [2.45, 2.75) is 130 Å². The first kappa shape index (κ1) is 29.4. The van der Waals surface area contributed by atoms with Crippen LogP contribution < -0.4 is 5.32 Å². The van der Waals surface area contributed by atoms with E-state index in [0.717, 1.165) is 51.8 Å². The predicted molar refractivity (Wildman–Crippen MR) is 131 cm³/mol. The third-order valence-corrected chi connectivity index (χ3v) is 5.80. The standard InChI is InChI=1S/C26H54N2O2/c1-5-9-13-14-15-17-25(30-24-12-8-4)18-19-26(29)27-20-16-23-28(21-10-6-2)22-11-7-3/h25H,5-24H2,1-4H3,(H,27,29). The number of amides is 1. The largest absolute Gasteiger partial charge is 0.378 e. The first-order chi connectivity index (χ1) is 14.7. The maximum Gasteiger partial charge on any atom is 0.220 e. The number of carbonyl (C=O) groups excluding carboxylic acids is 1. The van der Waals surface area contributed by atoms with E-state index in [0.29, 0.717) is 6.42 Å². The van der Waals surface area contributed by atoms with Gasteiger partial charge in [-0.15, -0.1) is 0 Å². The maximum absolute atomic E-state index is 12.3. The zero-order chi connectivity index (χ0) is 22.3. The molecule has 0 saturated heterocycles. The summed E-state index contributed by atoms with van der Waals surface area (Å²) in [7, 11) is 0. The van der Waals surface area contributed by atoms with Gasteiger partial charge >= 0.3 is 0 Å². The van der Waals surface area contributed by atoms with Gasteiger partial charge in [-0.3, -0.25) is 4.79 Å². The number of ether oxygens (including phenoxy) is 1. The second kappa shape index (κ2) is 23.1. The van der Waals surface area contributed by atoms with E-state index in [-0.39, 0.29) is 12.0 Å². The Morgan fingerprint density at radius 1 is 0.733 bits per heavy atom. The van der Waals surface area contributed by atoms with Crippen LogP contribution in [0.1, 0.15) is 124 Å². The zero-order valence-corrected chi connectivity index (χ0v) is 21.0. The number of hydrogen-bond acceptors (Lipinski definition) is 3. The quantitative estimate of drug-likeness (QED) is 0.184. The molecule has 0 aliphatic rings. The van der Waals surface area contributed by atoms with Gasteiger partial charge in [-0.2, -0.15) is 0 Å². The molecule has 1 N–H and O–H groups in total. The monoisotopic (exact) mass is 426 g/mol. The average molecular weight is 427 g/mol. The summed E-state index contributed by atoms with van der Waals surface area (Å²) in [6, 6.07) is 0. The van der Waals surface area contributed by atoms with Crippen LogP contribution in [0.2, 0.25) is 0 Å². The molecule has 1 amide bonds. The highest BCUT2D eigenvalue weighted by atomic mass is 16.5. The van der Waals surface area contributed by atoms with E-state index in [4.69, 9.17) is 4.74 Å². The van der Waals surface area contributed by atoms with E-state index >= 15 is 0 Å². The first-order valence-corrected chi connectivity index (χ1v) is 13.3. The molecule has 4 heteroatoms. The van der Waals surface area contributed by atoms with Crippen molar-refractivity contribution < 1.29 is 9.53 Å². The molecule has 0 radical (unpaired) electrons. The van der Waals surface area contributed by atoms with Crippen LogP contribution in [0.3, 0.4) is 0 Å². The van der Waals surface area contributed by atoms with Crippen molar-refractivity contribution in [3.8, 4) is 0 Å². The van der Waals surface area contributed by atoms with Gasteiger partial charge in [-0.1, -0.05) is 79.1 Å². The van der Waals surface area contributed by atoms with E-state index in [1.807, 2.05) is 0 Å². The SMILES string of the molecule is CCCCCCCC(CCC(=O)NCCCN(CCCC)CCCC)OCCCC. The van der Waals surface area contributed by atoms with Crippen LogP contribution in [-0.4, -0.2) is 49.7 Å². The van der Waals surface area contributed by atoms with Gasteiger partial charge in [0.25, 0.3) is 0 Å². The van der Waals surface area contributed by atoms with Crippen LogP contribution in [0.4, 0.5) is 0 Å². The molecule has 0 heterocycles. The van der Waals surface area contributed by atoms with Crippen LogP contribution >= 0.6 is 0 Å². The van der Waals surface area contributed by atoms with Crippen LogP contribution in [0, 0.1) is 0 Å². The number of hydrogen-bond donors (Lipinski definition) is 1. The number of carbonyl (C=O) groups is 1. The predicted octanol–water partition coefficient (Wildman–Crippen LogP) is 6.72. The molecule has 0 saturated carbocycles. The molecule has 1 atom stereocenters. The summed E-state index contributed by atoms with van der Waals surface area (Å²) in [5, 5.41) is 3.14. The smallest absolute Gasteiger partial charge is 0.220 e. The van der Waals surface area contributed by atoms with Crippen molar-refractivity contribution in [2.75, 3.05) is 32.8 Å². The normalized spacial score (nSPS) is 12.4. The van der Waals surface area contributed by atoms with E-state index in [1.165, 1.54) is 70.9 Å². The second-order valence-electron chi connectivity index (χ2n) is 8.84. The summed E-state index contributed by atoms with van der Waals surface area (Å²) in [6.07, 6.45) is 17.6. The lowest BCUT2D eigenvalue weighted by Crippen LogP contribution is -2.31. The van der Waals surface area contributed by atoms with Crippen LogP contribution in [-0.2, 0) is 9.53 Å². The molecule has 1 unspecified atom stereocenters. The molecule has 0 aromatic carbocycles. The molecule has 0 fully saturated rings. The fourth-order valence-corrected chi connectivity index (χ4v) is 3.69. The van der Waals surface area contributed by atoms with Crippen LogP contribution in [0.15, 0.2) is 0 Å². The van der Waals surface area contributed by atoms with Crippen molar-refractivity contribution in [1.29, 1.82) is 0 Å². The minimum Gasteiger partial charge on any atom is -0.378 e. The molecule has 0 spiro atoms. The van der Waals surface area contributed by atoms with Gasteiger partial charge in [0, 0.05) is 19.6 Å². The lowest BCUT2D eigenvalue weighted by molar-refractivity contribution is -0.121. The summed E-state index contributed by atoms with van der Waals surface area (Å²) in [5.41, 5.74) is 0. The molecular weight excluding hydrogens is 372 g/mol.